The molecule has 0 unspecified atom stereocenters. The number of rotatable bonds is 5. The number of para-hydroxylation sites is 1. The fourth-order valence-electron chi connectivity index (χ4n) is 1.86. The van der Waals surface area contributed by atoms with Gasteiger partial charge < -0.3 is 10.1 Å². The molecule has 2 aromatic carbocycles. The average Bonchev–Trinajstić information content (AvgIpc) is 2.51. The lowest BCUT2D eigenvalue weighted by Crippen LogP contribution is -2.20. The van der Waals surface area contributed by atoms with Gasteiger partial charge in [0.05, 0.1) is 7.11 Å². The molecule has 21 heavy (non-hydrogen) atoms. The normalized spacial score (nSPS) is 10.6. The van der Waals surface area contributed by atoms with Gasteiger partial charge in [0.2, 0.25) is 5.91 Å². The summed E-state index contributed by atoms with van der Waals surface area (Å²) in [6.07, 6.45) is 3.22. The van der Waals surface area contributed by atoms with Gasteiger partial charge in [-0.3, -0.25) is 4.79 Å². The zero-order valence-electron chi connectivity index (χ0n) is 11.7. The van der Waals surface area contributed by atoms with Crippen LogP contribution in [-0.4, -0.2) is 13.0 Å². The monoisotopic (exact) mass is 301 g/mol. The van der Waals surface area contributed by atoms with Crippen LogP contribution in [0.2, 0.25) is 5.02 Å². The average molecular weight is 302 g/mol. The number of benzene rings is 2. The van der Waals surface area contributed by atoms with E-state index in [4.69, 9.17) is 16.3 Å². The van der Waals surface area contributed by atoms with Gasteiger partial charge in [-0.2, -0.15) is 0 Å². The lowest BCUT2D eigenvalue weighted by atomic mass is 10.2. The molecule has 0 aliphatic carbocycles. The number of carbonyl (C=O) groups excluding carboxylic acids is 1. The van der Waals surface area contributed by atoms with Crippen LogP contribution in [0.4, 0.5) is 0 Å². The Kier molecular flexibility index (Phi) is 5.41. The van der Waals surface area contributed by atoms with Crippen LogP contribution in [0, 0.1) is 0 Å². The molecule has 0 aromatic heterocycles. The van der Waals surface area contributed by atoms with Crippen molar-refractivity contribution >= 4 is 23.6 Å². The predicted octanol–water partition coefficient (Wildman–Crippen LogP) is 3.68. The van der Waals surface area contributed by atoms with E-state index >= 15 is 0 Å². The zero-order valence-corrected chi connectivity index (χ0v) is 12.4. The number of hydrogen-bond acceptors (Lipinski definition) is 2. The van der Waals surface area contributed by atoms with E-state index in [0.717, 1.165) is 16.9 Å². The lowest BCUT2D eigenvalue weighted by Gasteiger charge is -2.04. The topological polar surface area (TPSA) is 38.3 Å². The fourth-order valence-corrected chi connectivity index (χ4v) is 2.08. The van der Waals surface area contributed by atoms with Crippen LogP contribution in [0.3, 0.4) is 0 Å². The van der Waals surface area contributed by atoms with Gasteiger partial charge in [-0.05, 0) is 29.8 Å². The molecule has 2 aromatic rings. The Labute approximate surface area is 129 Å². The van der Waals surface area contributed by atoms with Gasteiger partial charge >= 0.3 is 0 Å². The maximum Gasteiger partial charge on any atom is 0.244 e. The highest BCUT2D eigenvalue weighted by Crippen LogP contribution is 2.18. The highest BCUT2D eigenvalue weighted by Gasteiger charge is 2.00. The minimum Gasteiger partial charge on any atom is -0.496 e. The number of amides is 1. The van der Waals surface area contributed by atoms with Crippen molar-refractivity contribution in [1.82, 2.24) is 5.32 Å². The zero-order chi connectivity index (χ0) is 15.1. The van der Waals surface area contributed by atoms with Gasteiger partial charge in [-0.15, -0.1) is 0 Å². The summed E-state index contributed by atoms with van der Waals surface area (Å²) in [6.45, 7) is 0.440. The van der Waals surface area contributed by atoms with E-state index in [9.17, 15) is 4.79 Å². The molecule has 1 amide bonds. The third kappa shape index (κ3) is 4.65. The van der Waals surface area contributed by atoms with Crippen LogP contribution < -0.4 is 10.1 Å². The van der Waals surface area contributed by atoms with E-state index in [1.165, 1.54) is 6.08 Å². The number of hydrogen-bond donors (Lipinski definition) is 1. The van der Waals surface area contributed by atoms with Crippen LogP contribution in [0.15, 0.2) is 54.6 Å². The van der Waals surface area contributed by atoms with Crippen molar-refractivity contribution in [2.24, 2.45) is 0 Å². The third-order valence-corrected chi connectivity index (χ3v) is 3.14. The summed E-state index contributed by atoms with van der Waals surface area (Å²) in [5.74, 6) is 0.567. The molecule has 0 aliphatic heterocycles. The van der Waals surface area contributed by atoms with E-state index in [1.807, 2.05) is 42.5 Å². The first-order chi connectivity index (χ1) is 10.2. The molecule has 0 saturated heterocycles. The Morgan fingerprint density at radius 1 is 1.24 bits per heavy atom. The van der Waals surface area contributed by atoms with E-state index < -0.39 is 0 Å². The Morgan fingerprint density at radius 2 is 2.05 bits per heavy atom. The second-order valence-corrected chi connectivity index (χ2v) is 4.86. The van der Waals surface area contributed by atoms with Crippen LogP contribution >= 0.6 is 11.6 Å². The Bertz CT molecular complexity index is 653. The third-order valence-electron chi connectivity index (χ3n) is 2.91. The number of carbonyl (C=O) groups is 1. The number of methoxy groups -OCH3 is 1. The first-order valence-corrected chi connectivity index (χ1v) is 6.90. The first-order valence-electron chi connectivity index (χ1n) is 6.52. The van der Waals surface area contributed by atoms with E-state index in [2.05, 4.69) is 5.32 Å². The summed E-state index contributed by atoms with van der Waals surface area (Å²) >= 11 is 5.89. The number of halogens is 1. The lowest BCUT2D eigenvalue weighted by molar-refractivity contribution is -0.116. The first kappa shape index (κ1) is 15.1. The van der Waals surface area contributed by atoms with Gasteiger partial charge in [0.1, 0.15) is 5.75 Å². The van der Waals surface area contributed by atoms with Crippen molar-refractivity contribution < 1.29 is 9.53 Å². The van der Waals surface area contributed by atoms with Gasteiger partial charge in [0, 0.05) is 23.2 Å². The molecule has 3 nitrogen and oxygen atoms in total. The van der Waals surface area contributed by atoms with Crippen molar-refractivity contribution in [1.29, 1.82) is 0 Å². The van der Waals surface area contributed by atoms with Crippen molar-refractivity contribution in [2.75, 3.05) is 7.11 Å². The Balaban J connectivity index is 1.94. The van der Waals surface area contributed by atoms with Crippen molar-refractivity contribution in [2.45, 2.75) is 6.54 Å². The molecule has 0 bridgehead atoms. The summed E-state index contributed by atoms with van der Waals surface area (Å²) in [7, 11) is 1.60. The molecule has 0 aliphatic rings. The summed E-state index contributed by atoms with van der Waals surface area (Å²) < 4.78 is 5.22. The molecule has 0 spiro atoms. The summed E-state index contributed by atoms with van der Waals surface area (Å²) in [5, 5.41) is 3.47. The number of nitrogens with one attached hydrogen (secondary N) is 1. The minimum atomic E-state index is -0.166. The molecular weight excluding hydrogens is 286 g/mol. The molecular formula is C17H16ClNO2. The van der Waals surface area contributed by atoms with E-state index in [-0.39, 0.29) is 5.91 Å². The van der Waals surface area contributed by atoms with Crippen molar-refractivity contribution in [3.8, 4) is 5.75 Å². The Morgan fingerprint density at radius 3 is 2.81 bits per heavy atom. The maximum atomic E-state index is 11.8. The molecule has 0 heterocycles. The number of ether oxygens (including phenoxy) is 1. The largest absolute Gasteiger partial charge is 0.496 e. The van der Waals surface area contributed by atoms with Crippen molar-refractivity contribution in [3.05, 3.63) is 70.8 Å². The van der Waals surface area contributed by atoms with Gasteiger partial charge in [0.15, 0.2) is 0 Å². The highest BCUT2D eigenvalue weighted by molar-refractivity contribution is 6.30. The maximum absolute atomic E-state index is 11.8. The van der Waals surface area contributed by atoms with Crippen LogP contribution in [-0.2, 0) is 11.3 Å². The van der Waals surface area contributed by atoms with Crippen LogP contribution in [0.25, 0.3) is 6.08 Å². The molecule has 0 fully saturated rings. The standard InChI is InChI=1S/C17H16ClNO2/c1-21-16-8-3-2-6-14(16)9-10-17(20)19-12-13-5-4-7-15(18)11-13/h2-11H,12H2,1H3,(H,19,20)/b10-9+. The van der Waals surface area contributed by atoms with E-state index in [0.29, 0.717) is 11.6 Å². The molecule has 1 N–H and O–H groups in total. The summed E-state index contributed by atoms with van der Waals surface area (Å²) in [4.78, 5) is 11.8. The molecule has 0 atom stereocenters. The quantitative estimate of drug-likeness (QED) is 0.856. The smallest absolute Gasteiger partial charge is 0.244 e. The SMILES string of the molecule is COc1ccccc1/C=C/C(=O)NCc1cccc(Cl)c1. The molecule has 0 saturated carbocycles. The second kappa shape index (κ2) is 7.50. The fraction of sp³-hybridized carbons (Fsp3) is 0.118. The predicted molar refractivity (Wildman–Crippen MR) is 85.3 cm³/mol. The van der Waals surface area contributed by atoms with Gasteiger partial charge in [-0.1, -0.05) is 41.9 Å². The summed E-state index contributed by atoms with van der Waals surface area (Å²) in [5.41, 5.74) is 1.82. The Hall–Kier alpha value is -2.26. The molecule has 2 rings (SSSR count). The van der Waals surface area contributed by atoms with Gasteiger partial charge in [-0.25, -0.2) is 0 Å². The van der Waals surface area contributed by atoms with E-state index in [1.54, 1.807) is 19.3 Å². The van der Waals surface area contributed by atoms with Crippen LogP contribution in [0.1, 0.15) is 11.1 Å². The summed E-state index contributed by atoms with van der Waals surface area (Å²) in [6, 6.07) is 14.9. The van der Waals surface area contributed by atoms with Gasteiger partial charge in [0.25, 0.3) is 0 Å². The second-order valence-electron chi connectivity index (χ2n) is 4.42. The molecule has 108 valence electrons. The molecule has 0 radical (unpaired) electrons. The van der Waals surface area contributed by atoms with Crippen LogP contribution in [0.5, 0.6) is 5.75 Å². The minimum absolute atomic E-state index is 0.166. The molecule has 4 heteroatoms. The highest BCUT2D eigenvalue weighted by atomic mass is 35.5. The van der Waals surface area contributed by atoms with Crippen molar-refractivity contribution in [3.63, 3.8) is 0 Å².